The Labute approximate surface area is 120 Å². The van der Waals surface area contributed by atoms with Gasteiger partial charge in [0.1, 0.15) is 0 Å². The lowest BCUT2D eigenvalue weighted by atomic mass is 9.85. The van der Waals surface area contributed by atoms with Gasteiger partial charge in [0.15, 0.2) is 0 Å². The van der Waals surface area contributed by atoms with Crippen molar-refractivity contribution in [2.75, 3.05) is 19.0 Å². The second kappa shape index (κ2) is 5.37. The molecule has 0 saturated heterocycles. The van der Waals surface area contributed by atoms with Gasteiger partial charge in [0.05, 0.1) is 0 Å². The lowest BCUT2D eigenvalue weighted by Crippen LogP contribution is -2.44. The number of rotatable bonds is 3. The summed E-state index contributed by atoms with van der Waals surface area (Å²) >= 11 is 0. The van der Waals surface area contributed by atoms with Crippen molar-refractivity contribution < 1.29 is 18.3 Å². The Balaban J connectivity index is 2.74. The van der Waals surface area contributed by atoms with Crippen LogP contribution in [0.2, 0.25) is 0 Å². The SMILES string of the molecule is CN(C)c1ccccc1C(O)(c1ccncc1)C(F)(F)F. The van der Waals surface area contributed by atoms with E-state index in [1.54, 1.807) is 20.2 Å². The molecule has 1 unspecified atom stereocenters. The first kappa shape index (κ1) is 15.3. The number of halogens is 3. The fourth-order valence-corrected chi connectivity index (χ4v) is 2.23. The maximum Gasteiger partial charge on any atom is 0.425 e. The Morgan fingerprint density at radius 1 is 1.00 bits per heavy atom. The van der Waals surface area contributed by atoms with Gasteiger partial charge in [-0.2, -0.15) is 13.2 Å². The largest absolute Gasteiger partial charge is 0.425 e. The fraction of sp³-hybridized carbons (Fsp3) is 0.267. The lowest BCUT2D eigenvalue weighted by molar-refractivity contribution is -0.248. The first-order valence-electron chi connectivity index (χ1n) is 6.25. The fourth-order valence-electron chi connectivity index (χ4n) is 2.23. The zero-order valence-corrected chi connectivity index (χ0v) is 11.6. The summed E-state index contributed by atoms with van der Waals surface area (Å²) in [5, 5.41) is 10.5. The molecule has 3 nitrogen and oxygen atoms in total. The average molecular weight is 296 g/mol. The highest BCUT2D eigenvalue weighted by atomic mass is 19.4. The van der Waals surface area contributed by atoms with Crippen LogP contribution < -0.4 is 4.90 Å². The third kappa shape index (κ3) is 2.58. The van der Waals surface area contributed by atoms with E-state index in [2.05, 4.69) is 4.98 Å². The summed E-state index contributed by atoms with van der Waals surface area (Å²) in [5.74, 6) is 0. The third-order valence-electron chi connectivity index (χ3n) is 3.28. The van der Waals surface area contributed by atoms with Crippen molar-refractivity contribution in [2.24, 2.45) is 0 Å². The summed E-state index contributed by atoms with van der Waals surface area (Å²) < 4.78 is 40.9. The summed E-state index contributed by atoms with van der Waals surface area (Å²) in [6, 6.07) is 8.25. The van der Waals surface area contributed by atoms with Gasteiger partial charge in [-0.05, 0) is 18.2 Å². The van der Waals surface area contributed by atoms with Crippen molar-refractivity contribution in [1.82, 2.24) is 4.98 Å². The monoisotopic (exact) mass is 296 g/mol. The van der Waals surface area contributed by atoms with Crippen LogP contribution in [0.1, 0.15) is 11.1 Å². The zero-order valence-electron chi connectivity index (χ0n) is 11.6. The molecule has 112 valence electrons. The molecule has 0 aliphatic heterocycles. The number of benzene rings is 1. The molecule has 1 heterocycles. The quantitative estimate of drug-likeness (QED) is 0.946. The van der Waals surface area contributed by atoms with Crippen LogP contribution in [0.5, 0.6) is 0 Å². The minimum absolute atomic E-state index is 0.214. The van der Waals surface area contributed by atoms with E-state index < -0.39 is 11.8 Å². The van der Waals surface area contributed by atoms with Crippen molar-refractivity contribution in [3.05, 3.63) is 59.9 Å². The van der Waals surface area contributed by atoms with E-state index in [-0.39, 0.29) is 11.1 Å². The molecule has 0 radical (unpaired) electrons. The minimum Gasteiger partial charge on any atom is -0.377 e. The van der Waals surface area contributed by atoms with E-state index in [0.29, 0.717) is 5.69 Å². The molecule has 2 rings (SSSR count). The molecule has 0 saturated carbocycles. The molecule has 0 aliphatic rings. The topological polar surface area (TPSA) is 36.4 Å². The number of anilines is 1. The van der Waals surface area contributed by atoms with Gasteiger partial charge in [-0.25, -0.2) is 0 Å². The zero-order chi connectivity index (χ0) is 15.7. The Bertz CT molecular complexity index is 614. The molecule has 6 heteroatoms. The van der Waals surface area contributed by atoms with E-state index in [0.717, 1.165) is 0 Å². The van der Waals surface area contributed by atoms with E-state index in [9.17, 15) is 18.3 Å². The van der Waals surface area contributed by atoms with Crippen LogP contribution in [0.25, 0.3) is 0 Å². The van der Waals surface area contributed by atoms with Gasteiger partial charge in [0.25, 0.3) is 0 Å². The Kier molecular flexibility index (Phi) is 3.91. The molecule has 0 amide bonds. The van der Waals surface area contributed by atoms with Crippen molar-refractivity contribution in [3.8, 4) is 0 Å². The van der Waals surface area contributed by atoms with Crippen molar-refractivity contribution in [3.63, 3.8) is 0 Å². The predicted molar refractivity (Wildman–Crippen MR) is 74.1 cm³/mol. The predicted octanol–water partition coefficient (Wildman–Crippen LogP) is 2.95. The molecule has 0 bridgehead atoms. The Morgan fingerprint density at radius 3 is 2.10 bits per heavy atom. The molecule has 2 aromatic rings. The molecule has 1 aromatic heterocycles. The molecule has 21 heavy (non-hydrogen) atoms. The number of nitrogens with zero attached hydrogens (tertiary/aromatic N) is 2. The number of alkyl halides is 3. The summed E-state index contributed by atoms with van der Waals surface area (Å²) in [5.41, 5.74) is -3.27. The highest BCUT2D eigenvalue weighted by molar-refractivity contribution is 5.58. The number of aromatic nitrogens is 1. The Hall–Kier alpha value is -2.08. The van der Waals surface area contributed by atoms with E-state index in [1.165, 1.54) is 47.6 Å². The number of pyridine rings is 1. The van der Waals surface area contributed by atoms with Crippen LogP contribution in [0, 0.1) is 0 Å². The first-order chi connectivity index (χ1) is 9.78. The second-order valence-corrected chi connectivity index (χ2v) is 4.86. The van der Waals surface area contributed by atoms with Gasteiger partial charge >= 0.3 is 6.18 Å². The van der Waals surface area contributed by atoms with Gasteiger partial charge in [-0.3, -0.25) is 4.98 Å². The maximum atomic E-state index is 13.6. The minimum atomic E-state index is -4.86. The van der Waals surface area contributed by atoms with E-state index >= 15 is 0 Å². The van der Waals surface area contributed by atoms with Crippen LogP contribution in [0.4, 0.5) is 18.9 Å². The number of hydrogen-bond acceptors (Lipinski definition) is 3. The van der Waals surface area contributed by atoms with Gasteiger partial charge in [0, 0.05) is 43.3 Å². The number of hydrogen-bond donors (Lipinski definition) is 1. The van der Waals surface area contributed by atoms with Crippen molar-refractivity contribution in [1.29, 1.82) is 0 Å². The molecular formula is C15H15F3N2O. The second-order valence-electron chi connectivity index (χ2n) is 4.86. The van der Waals surface area contributed by atoms with Crippen LogP contribution in [-0.4, -0.2) is 30.4 Å². The summed E-state index contributed by atoms with van der Waals surface area (Å²) in [7, 11) is 3.25. The van der Waals surface area contributed by atoms with Crippen LogP contribution in [-0.2, 0) is 5.60 Å². The smallest absolute Gasteiger partial charge is 0.377 e. The third-order valence-corrected chi connectivity index (χ3v) is 3.28. The van der Waals surface area contributed by atoms with Crippen molar-refractivity contribution >= 4 is 5.69 Å². The first-order valence-corrected chi connectivity index (χ1v) is 6.25. The van der Waals surface area contributed by atoms with Gasteiger partial charge < -0.3 is 10.0 Å². The number of aliphatic hydroxyl groups is 1. The highest BCUT2D eigenvalue weighted by Gasteiger charge is 2.57. The van der Waals surface area contributed by atoms with Crippen LogP contribution in [0.15, 0.2) is 48.8 Å². The van der Waals surface area contributed by atoms with Gasteiger partial charge in [0.2, 0.25) is 5.60 Å². The highest BCUT2D eigenvalue weighted by Crippen LogP contribution is 2.46. The van der Waals surface area contributed by atoms with Crippen LogP contribution in [0.3, 0.4) is 0 Å². The average Bonchev–Trinajstić information content (AvgIpc) is 2.46. The molecule has 1 atom stereocenters. The lowest BCUT2D eigenvalue weighted by Gasteiger charge is -2.34. The van der Waals surface area contributed by atoms with Crippen molar-refractivity contribution in [2.45, 2.75) is 11.8 Å². The summed E-state index contributed by atoms with van der Waals surface area (Å²) in [4.78, 5) is 5.24. The van der Waals surface area contributed by atoms with Gasteiger partial charge in [-0.15, -0.1) is 0 Å². The molecule has 0 fully saturated rings. The Morgan fingerprint density at radius 2 is 1.57 bits per heavy atom. The molecule has 0 spiro atoms. The summed E-state index contributed by atoms with van der Waals surface area (Å²) in [6.45, 7) is 0. The standard InChI is InChI=1S/C15H15F3N2O/c1-20(2)13-6-4-3-5-12(13)14(21,15(16,17)18)11-7-9-19-10-8-11/h3-10,21H,1-2H3. The summed E-state index contributed by atoms with van der Waals surface area (Å²) in [6.07, 6.45) is -2.41. The molecule has 1 aromatic carbocycles. The molecule has 1 N–H and O–H groups in total. The van der Waals surface area contributed by atoms with E-state index in [1.807, 2.05) is 0 Å². The molecule has 0 aliphatic carbocycles. The van der Waals surface area contributed by atoms with Crippen LogP contribution >= 0.6 is 0 Å². The molecular weight excluding hydrogens is 281 g/mol. The number of para-hydroxylation sites is 1. The van der Waals surface area contributed by atoms with E-state index in [4.69, 9.17) is 0 Å². The maximum absolute atomic E-state index is 13.6. The normalized spacial score (nSPS) is 14.6. The van der Waals surface area contributed by atoms with Gasteiger partial charge in [-0.1, -0.05) is 18.2 Å².